The quantitative estimate of drug-likeness (QED) is 0.592. The minimum absolute atomic E-state index is 0.258. The first kappa shape index (κ1) is 21.9. The average molecular weight is 443 g/mol. The van der Waals surface area contributed by atoms with Gasteiger partial charge in [-0.1, -0.05) is 83.9 Å². The summed E-state index contributed by atoms with van der Waals surface area (Å²) in [5.74, 6) is -0.435. The van der Waals surface area contributed by atoms with Crippen LogP contribution in [0.5, 0.6) is 0 Å². The molecule has 3 rings (SSSR count). The van der Waals surface area contributed by atoms with Crippen LogP contribution < -0.4 is 9.62 Å². The maximum atomic E-state index is 13.0. The number of carbonyl (C=O) groups excluding carboxylic acids is 1. The molecule has 30 heavy (non-hydrogen) atoms. The number of hydrogen-bond donors (Lipinski definition) is 1. The number of halogens is 1. The van der Waals surface area contributed by atoms with Crippen LogP contribution in [0.2, 0.25) is 5.02 Å². The zero-order valence-electron chi connectivity index (χ0n) is 16.7. The molecule has 0 aliphatic heterocycles. The van der Waals surface area contributed by atoms with E-state index in [-0.39, 0.29) is 17.3 Å². The van der Waals surface area contributed by atoms with Crippen LogP contribution in [0.4, 0.5) is 5.69 Å². The number of carbonyl (C=O) groups is 1. The van der Waals surface area contributed by atoms with Crippen LogP contribution in [0.1, 0.15) is 22.7 Å². The molecule has 0 radical (unpaired) electrons. The molecule has 1 unspecified atom stereocenters. The number of nitrogens with zero attached hydrogens (tertiary/aromatic N) is 1. The highest BCUT2D eigenvalue weighted by molar-refractivity contribution is 7.92. The van der Waals surface area contributed by atoms with E-state index in [4.69, 9.17) is 11.6 Å². The number of benzene rings is 3. The second-order valence-corrected chi connectivity index (χ2v) is 9.36. The molecule has 1 atom stereocenters. The highest BCUT2D eigenvalue weighted by Gasteiger charge is 2.25. The van der Waals surface area contributed by atoms with Crippen molar-refractivity contribution in [3.8, 4) is 0 Å². The van der Waals surface area contributed by atoms with E-state index in [0.717, 1.165) is 27.3 Å². The summed E-state index contributed by atoms with van der Waals surface area (Å²) in [6, 6.07) is 23.5. The van der Waals surface area contributed by atoms with Gasteiger partial charge in [-0.15, -0.1) is 0 Å². The standard InChI is InChI=1S/C23H23ClN2O3S/c1-17-9-8-12-19(15-17)23(18-10-4-3-5-11-18)25-22(27)16-26(30(2,28)29)21-14-7-6-13-20(21)24/h3-15,23H,16H2,1-2H3,(H,25,27). The third-order valence-corrected chi connectivity index (χ3v) is 6.07. The average Bonchev–Trinajstić information content (AvgIpc) is 2.71. The summed E-state index contributed by atoms with van der Waals surface area (Å²) in [6.45, 7) is 1.61. The zero-order valence-corrected chi connectivity index (χ0v) is 18.3. The van der Waals surface area contributed by atoms with Gasteiger partial charge in [-0.25, -0.2) is 8.42 Å². The lowest BCUT2D eigenvalue weighted by atomic mass is 9.97. The van der Waals surface area contributed by atoms with Gasteiger partial charge < -0.3 is 5.32 Å². The van der Waals surface area contributed by atoms with Gasteiger partial charge in [0.05, 0.1) is 23.0 Å². The number of nitrogens with one attached hydrogen (secondary N) is 1. The van der Waals surface area contributed by atoms with E-state index in [1.807, 2.05) is 61.5 Å². The van der Waals surface area contributed by atoms with Gasteiger partial charge in [0, 0.05) is 0 Å². The second-order valence-electron chi connectivity index (χ2n) is 7.05. The number of rotatable bonds is 7. The van der Waals surface area contributed by atoms with Gasteiger partial charge in [0.15, 0.2) is 0 Å². The molecule has 1 N–H and O–H groups in total. The predicted octanol–water partition coefficient (Wildman–Crippen LogP) is 4.32. The Hall–Kier alpha value is -2.83. The van der Waals surface area contributed by atoms with Gasteiger partial charge >= 0.3 is 0 Å². The molecule has 156 valence electrons. The van der Waals surface area contributed by atoms with Gasteiger partial charge in [0.1, 0.15) is 6.54 Å². The molecule has 0 spiro atoms. The van der Waals surface area contributed by atoms with E-state index in [1.165, 1.54) is 0 Å². The van der Waals surface area contributed by atoms with Crippen LogP contribution in [0, 0.1) is 6.92 Å². The van der Waals surface area contributed by atoms with Crippen molar-refractivity contribution in [2.24, 2.45) is 0 Å². The number of amides is 1. The summed E-state index contributed by atoms with van der Waals surface area (Å²) in [5, 5.41) is 3.24. The molecule has 0 heterocycles. The smallest absolute Gasteiger partial charge is 0.241 e. The fraction of sp³-hybridized carbons (Fsp3) is 0.174. The van der Waals surface area contributed by atoms with E-state index in [2.05, 4.69) is 5.32 Å². The van der Waals surface area contributed by atoms with Crippen molar-refractivity contribution < 1.29 is 13.2 Å². The largest absolute Gasteiger partial charge is 0.344 e. The van der Waals surface area contributed by atoms with Crippen LogP contribution in [-0.2, 0) is 14.8 Å². The van der Waals surface area contributed by atoms with Gasteiger partial charge in [-0.05, 0) is 30.2 Å². The highest BCUT2D eigenvalue weighted by atomic mass is 35.5. The number of anilines is 1. The van der Waals surface area contributed by atoms with E-state index in [0.29, 0.717) is 0 Å². The molecule has 0 saturated carbocycles. The van der Waals surface area contributed by atoms with Gasteiger partial charge in [0.25, 0.3) is 0 Å². The molecular weight excluding hydrogens is 420 g/mol. The Morgan fingerprint density at radius 2 is 1.60 bits per heavy atom. The summed E-state index contributed by atoms with van der Waals surface area (Å²) in [7, 11) is -3.72. The number of sulfonamides is 1. The molecule has 0 bridgehead atoms. The molecule has 0 aromatic heterocycles. The Bertz CT molecular complexity index is 1130. The first-order valence-electron chi connectivity index (χ1n) is 9.39. The number of aryl methyl sites for hydroxylation is 1. The van der Waals surface area contributed by atoms with Crippen molar-refractivity contribution in [2.75, 3.05) is 17.1 Å². The normalized spacial score (nSPS) is 12.2. The lowest BCUT2D eigenvalue weighted by molar-refractivity contribution is -0.120. The molecule has 0 saturated heterocycles. The molecule has 0 aliphatic carbocycles. The van der Waals surface area contributed by atoms with E-state index in [1.54, 1.807) is 24.3 Å². The minimum Gasteiger partial charge on any atom is -0.344 e. The molecule has 1 amide bonds. The molecule has 0 fully saturated rings. The minimum atomic E-state index is -3.72. The summed E-state index contributed by atoms with van der Waals surface area (Å²) in [5.41, 5.74) is 3.15. The second kappa shape index (κ2) is 9.32. The van der Waals surface area contributed by atoms with E-state index in [9.17, 15) is 13.2 Å². The molecule has 3 aromatic carbocycles. The third-order valence-electron chi connectivity index (χ3n) is 4.62. The maximum Gasteiger partial charge on any atom is 0.241 e. The van der Waals surface area contributed by atoms with Gasteiger partial charge in [-0.3, -0.25) is 9.10 Å². The summed E-state index contributed by atoms with van der Waals surface area (Å²) >= 11 is 6.19. The van der Waals surface area contributed by atoms with E-state index < -0.39 is 22.0 Å². The Morgan fingerprint density at radius 1 is 0.967 bits per heavy atom. The summed E-state index contributed by atoms with van der Waals surface area (Å²) in [6.07, 6.45) is 1.05. The van der Waals surface area contributed by atoms with E-state index >= 15 is 0 Å². The third kappa shape index (κ3) is 5.40. The first-order valence-corrected chi connectivity index (χ1v) is 11.6. The molecule has 7 heteroatoms. The maximum absolute atomic E-state index is 13.0. The van der Waals surface area contributed by atoms with Crippen molar-refractivity contribution in [2.45, 2.75) is 13.0 Å². The fourth-order valence-electron chi connectivity index (χ4n) is 3.23. The molecular formula is C23H23ClN2O3S. The van der Waals surface area contributed by atoms with Crippen molar-refractivity contribution in [3.05, 3.63) is 101 Å². The van der Waals surface area contributed by atoms with Gasteiger partial charge in [0.2, 0.25) is 15.9 Å². The lowest BCUT2D eigenvalue weighted by Gasteiger charge is -2.25. The van der Waals surface area contributed by atoms with Crippen LogP contribution >= 0.6 is 11.6 Å². The first-order chi connectivity index (χ1) is 14.3. The Kier molecular flexibility index (Phi) is 6.80. The molecule has 5 nitrogen and oxygen atoms in total. The van der Waals surface area contributed by atoms with Crippen LogP contribution in [0.3, 0.4) is 0 Å². The lowest BCUT2D eigenvalue weighted by Crippen LogP contribution is -2.42. The van der Waals surface area contributed by atoms with Crippen molar-refractivity contribution in [3.63, 3.8) is 0 Å². The Balaban J connectivity index is 1.91. The Labute approximate surface area is 182 Å². The SMILES string of the molecule is Cc1cccc(C(NC(=O)CN(c2ccccc2Cl)S(C)(=O)=O)c2ccccc2)c1. The van der Waals surface area contributed by atoms with Crippen LogP contribution in [0.25, 0.3) is 0 Å². The topological polar surface area (TPSA) is 66.5 Å². The van der Waals surface area contributed by atoms with Crippen LogP contribution in [-0.4, -0.2) is 27.1 Å². The summed E-state index contributed by atoms with van der Waals surface area (Å²) in [4.78, 5) is 13.0. The summed E-state index contributed by atoms with van der Waals surface area (Å²) < 4.78 is 25.8. The number of hydrogen-bond acceptors (Lipinski definition) is 3. The van der Waals surface area contributed by atoms with Crippen molar-refractivity contribution in [1.29, 1.82) is 0 Å². The number of para-hydroxylation sites is 1. The zero-order chi connectivity index (χ0) is 21.7. The molecule has 0 aliphatic rings. The van der Waals surface area contributed by atoms with Crippen molar-refractivity contribution >= 4 is 33.2 Å². The molecule has 3 aromatic rings. The fourth-order valence-corrected chi connectivity index (χ4v) is 4.38. The highest BCUT2D eigenvalue weighted by Crippen LogP contribution is 2.27. The van der Waals surface area contributed by atoms with Crippen LogP contribution in [0.15, 0.2) is 78.9 Å². The predicted molar refractivity (Wildman–Crippen MR) is 121 cm³/mol. The Morgan fingerprint density at radius 3 is 2.23 bits per heavy atom. The van der Waals surface area contributed by atoms with Crippen molar-refractivity contribution in [1.82, 2.24) is 5.32 Å². The van der Waals surface area contributed by atoms with Gasteiger partial charge in [-0.2, -0.15) is 0 Å². The monoisotopic (exact) mass is 442 g/mol.